The van der Waals surface area contributed by atoms with E-state index in [4.69, 9.17) is 0 Å². The smallest absolute Gasteiger partial charge is 0.365 e. The molecule has 27 heavy (non-hydrogen) atoms. The van der Waals surface area contributed by atoms with Crippen molar-refractivity contribution in [2.75, 3.05) is 11.9 Å². The molecule has 0 unspecified atom stereocenters. The minimum absolute atomic E-state index is 0.0745. The van der Waals surface area contributed by atoms with Crippen LogP contribution in [0.25, 0.3) is 21.7 Å². The molecule has 0 amide bonds. The van der Waals surface area contributed by atoms with Gasteiger partial charge in [0.25, 0.3) is 0 Å². The van der Waals surface area contributed by atoms with Crippen LogP contribution in [-0.4, -0.2) is 33.1 Å². The summed E-state index contributed by atoms with van der Waals surface area (Å²) in [6.07, 6.45) is 0. The van der Waals surface area contributed by atoms with Gasteiger partial charge in [0.1, 0.15) is 11.5 Å². The number of thiazole rings is 1. The van der Waals surface area contributed by atoms with Crippen molar-refractivity contribution < 1.29 is 14.3 Å². The van der Waals surface area contributed by atoms with Crippen LogP contribution in [0.1, 0.15) is 9.80 Å². The van der Waals surface area contributed by atoms with Crippen LogP contribution < -0.4 is 4.90 Å². The monoisotopic (exact) mass is 380 g/mol. The number of aromatic nitrogens is 3. The fourth-order valence-electron chi connectivity index (χ4n) is 2.66. The minimum atomic E-state index is -1.12. The number of hydrogen-bond donors (Lipinski definition) is 1. The normalized spacial score (nSPS) is 10.9. The summed E-state index contributed by atoms with van der Waals surface area (Å²) < 4.78 is 13.3. The molecule has 6 nitrogen and oxygen atoms in total. The highest BCUT2D eigenvalue weighted by atomic mass is 32.1. The molecule has 0 aliphatic rings. The van der Waals surface area contributed by atoms with E-state index in [-0.39, 0.29) is 16.5 Å². The van der Waals surface area contributed by atoms with Gasteiger partial charge in [-0.25, -0.2) is 24.1 Å². The van der Waals surface area contributed by atoms with Crippen molar-refractivity contribution in [1.29, 1.82) is 0 Å². The molecule has 0 aliphatic carbocycles. The Morgan fingerprint density at radius 2 is 1.74 bits per heavy atom. The second-order valence-electron chi connectivity index (χ2n) is 5.75. The molecular formula is C19H13FN4O2S. The predicted octanol–water partition coefficient (Wildman–Crippen LogP) is 4.36. The number of rotatable bonds is 4. The van der Waals surface area contributed by atoms with E-state index in [1.54, 1.807) is 12.1 Å². The molecule has 4 aromatic rings. The second kappa shape index (κ2) is 6.73. The van der Waals surface area contributed by atoms with Crippen molar-refractivity contribution in [1.82, 2.24) is 15.0 Å². The van der Waals surface area contributed by atoms with E-state index in [0.29, 0.717) is 21.9 Å². The van der Waals surface area contributed by atoms with Crippen LogP contribution in [0.3, 0.4) is 0 Å². The standard InChI is InChI=1S/C19H13FN4O2S/c1-24(13-5-3-2-4-6-13)16-14(11-7-9-12(20)10-8-11)21-15-17(23-16)27-18(22-15)19(25)26/h2-10H,1H3,(H,25,26). The Hall–Kier alpha value is -3.39. The number of benzene rings is 2. The fraction of sp³-hybridized carbons (Fsp3) is 0.0526. The maximum absolute atomic E-state index is 13.3. The van der Waals surface area contributed by atoms with Gasteiger partial charge < -0.3 is 10.0 Å². The van der Waals surface area contributed by atoms with Crippen molar-refractivity contribution in [3.05, 3.63) is 65.4 Å². The average Bonchev–Trinajstić information content (AvgIpc) is 3.11. The molecule has 134 valence electrons. The Morgan fingerprint density at radius 1 is 1.04 bits per heavy atom. The lowest BCUT2D eigenvalue weighted by atomic mass is 10.1. The number of anilines is 2. The highest BCUT2D eigenvalue weighted by molar-refractivity contribution is 7.19. The predicted molar refractivity (Wildman–Crippen MR) is 102 cm³/mol. The van der Waals surface area contributed by atoms with Crippen molar-refractivity contribution in [3.63, 3.8) is 0 Å². The molecule has 0 bridgehead atoms. The van der Waals surface area contributed by atoms with Crippen molar-refractivity contribution in [2.24, 2.45) is 0 Å². The van der Waals surface area contributed by atoms with Gasteiger partial charge in [-0.3, -0.25) is 0 Å². The summed E-state index contributed by atoms with van der Waals surface area (Å²) in [7, 11) is 1.84. The Kier molecular flexibility index (Phi) is 4.25. The largest absolute Gasteiger partial charge is 0.476 e. The lowest BCUT2D eigenvalue weighted by Crippen LogP contribution is -2.13. The quantitative estimate of drug-likeness (QED) is 0.567. The summed E-state index contributed by atoms with van der Waals surface area (Å²) in [5, 5.41) is 9.13. The average molecular weight is 380 g/mol. The van der Waals surface area contributed by atoms with Gasteiger partial charge in [0.2, 0.25) is 5.01 Å². The summed E-state index contributed by atoms with van der Waals surface area (Å²) in [6, 6.07) is 15.5. The summed E-state index contributed by atoms with van der Waals surface area (Å²) in [5.74, 6) is -0.949. The number of fused-ring (bicyclic) bond motifs is 1. The molecule has 2 aromatic heterocycles. The summed E-state index contributed by atoms with van der Waals surface area (Å²) in [5.41, 5.74) is 2.30. The number of para-hydroxylation sites is 1. The number of carboxylic acid groups (broad SMARTS) is 1. The van der Waals surface area contributed by atoms with Crippen LogP contribution in [-0.2, 0) is 0 Å². The van der Waals surface area contributed by atoms with Gasteiger partial charge in [0.15, 0.2) is 16.3 Å². The Bertz CT molecular complexity index is 1130. The number of carboxylic acids is 1. The molecule has 0 saturated carbocycles. The third-order valence-corrected chi connectivity index (χ3v) is 4.92. The van der Waals surface area contributed by atoms with Crippen LogP contribution in [0.5, 0.6) is 0 Å². The Morgan fingerprint density at radius 3 is 2.41 bits per heavy atom. The van der Waals surface area contributed by atoms with E-state index in [9.17, 15) is 14.3 Å². The van der Waals surface area contributed by atoms with Crippen molar-refractivity contribution in [3.8, 4) is 11.3 Å². The Labute approximate surface area is 157 Å². The lowest BCUT2D eigenvalue weighted by molar-refractivity contribution is 0.0696. The number of halogens is 1. The van der Waals surface area contributed by atoms with Crippen LogP contribution in [0.2, 0.25) is 0 Å². The second-order valence-corrected chi connectivity index (χ2v) is 6.73. The van der Waals surface area contributed by atoms with Gasteiger partial charge >= 0.3 is 5.97 Å². The lowest BCUT2D eigenvalue weighted by Gasteiger charge is -2.20. The summed E-state index contributed by atoms with van der Waals surface area (Å²) >= 11 is 0.968. The zero-order valence-electron chi connectivity index (χ0n) is 14.1. The molecule has 0 saturated heterocycles. The topological polar surface area (TPSA) is 79.2 Å². The van der Waals surface area contributed by atoms with E-state index in [2.05, 4.69) is 15.0 Å². The van der Waals surface area contributed by atoms with Crippen LogP contribution in [0.15, 0.2) is 54.6 Å². The van der Waals surface area contributed by atoms with E-state index in [1.807, 2.05) is 42.3 Å². The van der Waals surface area contributed by atoms with Gasteiger partial charge in [-0.05, 0) is 36.4 Å². The molecule has 0 atom stereocenters. The van der Waals surface area contributed by atoms with Crippen LogP contribution in [0, 0.1) is 5.82 Å². The van der Waals surface area contributed by atoms with E-state index >= 15 is 0 Å². The van der Waals surface area contributed by atoms with Gasteiger partial charge in [-0.2, -0.15) is 0 Å². The summed E-state index contributed by atoms with van der Waals surface area (Å²) in [6.45, 7) is 0. The summed E-state index contributed by atoms with van der Waals surface area (Å²) in [4.78, 5) is 26.7. The number of carbonyl (C=O) groups is 1. The molecular weight excluding hydrogens is 367 g/mol. The number of nitrogens with zero attached hydrogens (tertiary/aromatic N) is 4. The molecule has 0 spiro atoms. The maximum atomic E-state index is 13.3. The van der Waals surface area contributed by atoms with Gasteiger partial charge in [0, 0.05) is 18.3 Å². The first-order chi connectivity index (χ1) is 13.0. The Balaban J connectivity index is 1.94. The van der Waals surface area contributed by atoms with Crippen LogP contribution in [0.4, 0.5) is 15.9 Å². The van der Waals surface area contributed by atoms with Crippen LogP contribution >= 0.6 is 11.3 Å². The van der Waals surface area contributed by atoms with Gasteiger partial charge in [0.05, 0.1) is 0 Å². The molecule has 2 aromatic carbocycles. The highest BCUT2D eigenvalue weighted by Gasteiger charge is 2.20. The van der Waals surface area contributed by atoms with Gasteiger partial charge in [-0.1, -0.05) is 29.5 Å². The van der Waals surface area contributed by atoms with Crippen molar-refractivity contribution >= 4 is 39.3 Å². The van der Waals surface area contributed by atoms with E-state index in [0.717, 1.165) is 17.0 Å². The SMILES string of the molecule is CN(c1ccccc1)c1nc2sc(C(=O)O)nc2nc1-c1ccc(F)cc1. The number of aromatic carboxylic acids is 1. The molecule has 4 rings (SSSR count). The molecule has 2 heterocycles. The first-order valence-electron chi connectivity index (χ1n) is 7.99. The first kappa shape index (κ1) is 17.0. The minimum Gasteiger partial charge on any atom is -0.476 e. The molecule has 0 radical (unpaired) electrons. The molecule has 0 fully saturated rings. The zero-order chi connectivity index (χ0) is 19.0. The molecule has 8 heteroatoms. The van der Waals surface area contributed by atoms with E-state index < -0.39 is 5.97 Å². The van der Waals surface area contributed by atoms with E-state index in [1.165, 1.54) is 12.1 Å². The first-order valence-corrected chi connectivity index (χ1v) is 8.81. The number of hydrogen-bond acceptors (Lipinski definition) is 6. The third kappa shape index (κ3) is 3.22. The molecule has 1 N–H and O–H groups in total. The zero-order valence-corrected chi connectivity index (χ0v) is 14.9. The maximum Gasteiger partial charge on any atom is 0.365 e. The van der Waals surface area contributed by atoms with Crippen molar-refractivity contribution in [2.45, 2.75) is 0 Å². The highest BCUT2D eigenvalue weighted by Crippen LogP contribution is 2.34. The van der Waals surface area contributed by atoms with Gasteiger partial charge in [-0.15, -0.1) is 0 Å². The molecule has 0 aliphatic heterocycles. The fourth-order valence-corrected chi connectivity index (χ4v) is 3.37. The third-order valence-electron chi connectivity index (χ3n) is 3.99.